The van der Waals surface area contributed by atoms with Crippen LogP contribution in [0, 0.1) is 0 Å². The first-order valence-corrected chi connectivity index (χ1v) is 10.8. The summed E-state index contributed by atoms with van der Waals surface area (Å²) in [6, 6.07) is 16.2. The van der Waals surface area contributed by atoms with Crippen molar-refractivity contribution in [3.63, 3.8) is 0 Å². The minimum absolute atomic E-state index is 0.233. The largest absolute Gasteiger partial charge is 0.478 e. The Morgan fingerprint density at radius 3 is 1.58 bits per heavy atom. The van der Waals surface area contributed by atoms with Crippen LogP contribution in [-0.4, -0.2) is 56.2 Å². The van der Waals surface area contributed by atoms with Gasteiger partial charge >= 0.3 is 11.9 Å². The van der Waals surface area contributed by atoms with Crippen molar-refractivity contribution in [1.29, 1.82) is 0 Å². The molecule has 0 atom stereocenters. The number of hydrogen-bond donors (Lipinski definition) is 4. The predicted octanol–water partition coefficient (Wildman–Crippen LogP) is 4.56. The molecule has 2 aromatic carbocycles. The zero-order chi connectivity index (χ0) is 26.1. The van der Waals surface area contributed by atoms with Crippen molar-refractivity contribution in [2.24, 2.45) is 0 Å². The zero-order valence-electron chi connectivity index (χ0n) is 19.3. The van der Waals surface area contributed by atoms with Gasteiger partial charge in [-0.3, -0.25) is 0 Å². The van der Waals surface area contributed by atoms with Gasteiger partial charge in [0.05, 0.1) is 11.1 Å². The highest BCUT2D eigenvalue weighted by atomic mass is 35.5. The van der Waals surface area contributed by atoms with Crippen LogP contribution >= 0.6 is 11.6 Å². The van der Waals surface area contributed by atoms with Gasteiger partial charge in [0.25, 0.3) is 0 Å². The molecular weight excluding hydrogens is 486 g/mol. The lowest BCUT2D eigenvalue weighted by atomic mass is 10.2. The summed E-state index contributed by atoms with van der Waals surface area (Å²) in [6.07, 6.45) is 2.82. The van der Waals surface area contributed by atoms with Crippen LogP contribution in [0.25, 0.3) is 0 Å². The number of nitrogens with one attached hydrogen (secondary N) is 2. The minimum atomic E-state index is -0.957. The summed E-state index contributed by atoms with van der Waals surface area (Å²) < 4.78 is 0. The van der Waals surface area contributed by atoms with E-state index in [1.54, 1.807) is 42.5 Å². The Bertz CT molecular complexity index is 1330. The summed E-state index contributed by atoms with van der Waals surface area (Å²) in [4.78, 5) is 39.2. The topological polar surface area (TPSA) is 153 Å². The molecule has 0 aliphatic heterocycles. The first kappa shape index (κ1) is 25.8. The van der Waals surface area contributed by atoms with Crippen LogP contribution in [0.1, 0.15) is 20.7 Å². The van der Waals surface area contributed by atoms with E-state index < -0.39 is 11.9 Å². The monoisotopic (exact) mass is 507 g/mol. The molecule has 0 spiro atoms. The molecule has 0 radical (unpaired) electrons. The molecular formula is C24H22ClN7O4. The van der Waals surface area contributed by atoms with E-state index in [1.807, 2.05) is 25.1 Å². The summed E-state index contributed by atoms with van der Waals surface area (Å²) >= 11 is 5.71. The molecule has 0 saturated carbocycles. The van der Waals surface area contributed by atoms with Crippen molar-refractivity contribution < 1.29 is 19.8 Å². The molecule has 2 aromatic heterocycles. The molecule has 4 rings (SSSR count). The second-order valence-corrected chi connectivity index (χ2v) is 7.78. The number of carboxylic acid groups (broad SMARTS) is 2. The number of halogens is 1. The molecule has 12 heteroatoms. The van der Waals surface area contributed by atoms with E-state index in [4.69, 9.17) is 21.8 Å². The van der Waals surface area contributed by atoms with Gasteiger partial charge in [-0.15, -0.1) is 0 Å². The summed E-state index contributed by atoms with van der Waals surface area (Å²) in [5.74, 6) is 0.0969. The number of aromatic carboxylic acids is 2. The lowest BCUT2D eigenvalue weighted by Gasteiger charge is -2.12. The van der Waals surface area contributed by atoms with E-state index in [0.29, 0.717) is 16.8 Å². The summed E-state index contributed by atoms with van der Waals surface area (Å²) in [5, 5.41) is 24.0. The molecule has 0 amide bonds. The fourth-order valence-corrected chi connectivity index (χ4v) is 2.90. The Morgan fingerprint density at radius 1 is 0.722 bits per heavy atom. The average Bonchev–Trinajstić information content (AvgIpc) is 2.85. The number of nitrogens with zero attached hydrogens (tertiary/aromatic N) is 5. The van der Waals surface area contributed by atoms with Gasteiger partial charge in [-0.1, -0.05) is 11.6 Å². The van der Waals surface area contributed by atoms with E-state index in [2.05, 4.69) is 30.6 Å². The van der Waals surface area contributed by atoms with E-state index in [-0.39, 0.29) is 11.1 Å². The zero-order valence-corrected chi connectivity index (χ0v) is 20.0. The van der Waals surface area contributed by atoms with Crippen LogP contribution in [-0.2, 0) is 0 Å². The fourth-order valence-electron chi connectivity index (χ4n) is 2.75. The maximum Gasteiger partial charge on any atom is 0.335 e. The Labute approximate surface area is 211 Å². The highest BCUT2D eigenvalue weighted by Crippen LogP contribution is 2.18. The van der Waals surface area contributed by atoms with Crippen LogP contribution < -0.4 is 15.5 Å². The third-order valence-corrected chi connectivity index (χ3v) is 4.76. The van der Waals surface area contributed by atoms with Gasteiger partial charge in [-0.2, -0.15) is 0 Å². The molecule has 36 heavy (non-hydrogen) atoms. The number of anilines is 5. The van der Waals surface area contributed by atoms with Crippen LogP contribution in [0.5, 0.6) is 0 Å². The normalized spacial score (nSPS) is 9.97. The molecule has 4 N–H and O–H groups in total. The number of hydrogen-bond acceptors (Lipinski definition) is 9. The molecule has 0 fully saturated rings. The Morgan fingerprint density at radius 2 is 1.17 bits per heavy atom. The predicted molar refractivity (Wildman–Crippen MR) is 137 cm³/mol. The lowest BCUT2D eigenvalue weighted by Crippen LogP contribution is -2.11. The number of benzene rings is 2. The quantitative estimate of drug-likeness (QED) is 0.260. The maximum absolute atomic E-state index is 10.7. The van der Waals surface area contributed by atoms with Gasteiger partial charge in [-0.25, -0.2) is 29.5 Å². The highest BCUT2D eigenvalue weighted by Gasteiger charge is 2.04. The fraction of sp³-hybridized carbons (Fsp3) is 0.0833. The molecule has 0 aliphatic carbocycles. The van der Waals surface area contributed by atoms with Gasteiger partial charge < -0.3 is 25.7 Å². The maximum atomic E-state index is 10.7. The molecule has 11 nitrogen and oxygen atoms in total. The number of rotatable bonds is 7. The third kappa shape index (κ3) is 7.64. The van der Waals surface area contributed by atoms with Gasteiger partial charge in [0.2, 0.25) is 0 Å². The Kier molecular flexibility index (Phi) is 8.68. The van der Waals surface area contributed by atoms with Crippen LogP contribution in [0.2, 0.25) is 5.15 Å². The van der Waals surface area contributed by atoms with Gasteiger partial charge in [-0.05, 0) is 48.5 Å². The minimum Gasteiger partial charge on any atom is -0.478 e. The molecule has 0 aliphatic rings. The van der Waals surface area contributed by atoms with Crippen molar-refractivity contribution in [3.8, 4) is 0 Å². The van der Waals surface area contributed by atoms with Crippen molar-refractivity contribution in [1.82, 2.24) is 19.9 Å². The summed E-state index contributed by atoms with van der Waals surface area (Å²) in [6.45, 7) is 0. The first-order valence-electron chi connectivity index (χ1n) is 10.4. The molecule has 184 valence electrons. The molecule has 0 saturated heterocycles. The molecule has 0 bridgehead atoms. The second-order valence-electron chi connectivity index (χ2n) is 7.40. The number of carboxylic acids is 2. The van der Waals surface area contributed by atoms with E-state index in [9.17, 15) is 9.59 Å². The van der Waals surface area contributed by atoms with E-state index in [0.717, 1.165) is 17.2 Å². The molecule has 2 heterocycles. The van der Waals surface area contributed by atoms with Crippen molar-refractivity contribution >= 4 is 52.4 Å². The van der Waals surface area contributed by atoms with Crippen LogP contribution in [0.3, 0.4) is 0 Å². The van der Waals surface area contributed by atoms with Crippen molar-refractivity contribution in [2.75, 3.05) is 29.6 Å². The van der Waals surface area contributed by atoms with Crippen LogP contribution in [0.4, 0.5) is 28.8 Å². The molecule has 4 aromatic rings. The third-order valence-electron chi connectivity index (χ3n) is 4.55. The number of carbonyl (C=O) groups is 2. The van der Waals surface area contributed by atoms with Crippen molar-refractivity contribution in [2.45, 2.75) is 0 Å². The second kappa shape index (κ2) is 12.1. The molecule has 0 unspecified atom stereocenters. The highest BCUT2D eigenvalue weighted by molar-refractivity contribution is 6.29. The smallest absolute Gasteiger partial charge is 0.335 e. The van der Waals surface area contributed by atoms with Crippen molar-refractivity contribution in [3.05, 3.63) is 89.6 Å². The van der Waals surface area contributed by atoms with Crippen LogP contribution in [0.15, 0.2) is 73.3 Å². The van der Waals surface area contributed by atoms with Gasteiger partial charge in [0, 0.05) is 37.6 Å². The van der Waals surface area contributed by atoms with Gasteiger partial charge in [0.1, 0.15) is 35.3 Å². The first-order chi connectivity index (χ1) is 17.2. The Balaban J connectivity index is 0.000000202. The van der Waals surface area contributed by atoms with Gasteiger partial charge in [0.15, 0.2) is 0 Å². The summed E-state index contributed by atoms with van der Waals surface area (Å²) in [5.41, 5.74) is 1.98. The number of aromatic nitrogens is 4. The summed E-state index contributed by atoms with van der Waals surface area (Å²) in [7, 11) is 3.79. The van der Waals surface area contributed by atoms with E-state index in [1.165, 1.54) is 24.8 Å². The SMILES string of the molecule is CN(C)c1cc(Nc2ccc(C(=O)O)cc2)ncn1.O=C(O)c1ccc(Nc2cc(Cl)ncn2)cc1. The van der Waals surface area contributed by atoms with E-state index >= 15 is 0 Å². The average molecular weight is 508 g/mol. The Hall–Kier alpha value is -4.77. The standard InChI is InChI=1S/C13H14N4O2.C11H8ClN3O2/c1-17(2)12-7-11(14-8-15-12)16-10-5-3-9(4-6-10)13(18)19;12-9-5-10(14-6-13-9)15-8-3-1-7(2-4-8)11(16)17/h3-8H,1-2H3,(H,18,19)(H,14,15,16);1-6H,(H,16,17)(H,13,14,15). The lowest BCUT2D eigenvalue weighted by molar-refractivity contribution is 0.0686.